The van der Waals surface area contributed by atoms with Crippen molar-refractivity contribution in [2.75, 3.05) is 11.9 Å². The molecule has 3 amide bonds. The first-order chi connectivity index (χ1) is 14.4. The molecule has 0 radical (unpaired) electrons. The van der Waals surface area contributed by atoms with Crippen LogP contribution in [0.3, 0.4) is 0 Å². The van der Waals surface area contributed by atoms with Gasteiger partial charge in [-0.2, -0.15) is 0 Å². The smallest absolute Gasteiger partial charge is 0.286 e. The zero-order chi connectivity index (χ0) is 21.5. The molecule has 1 saturated heterocycles. The topological polar surface area (TPSA) is 105 Å². The van der Waals surface area contributed by atoms with Gasteiger partial charge in [0.15, 0.2) is 0 Å². The third-order valence-electron chi connectivity index (χ3n) is 4.58. The Bertz CT molecular complexity index is 930. The lowest BCUT2D eigenvalue weighted by Gasteiger charge is -2.11. The van der Waals surface area contributed by atoms with Gasteiger partial charge in [-0.25, -0.2) is 0 Å². The number of phenolic OH excluding ortho intramolecular Hbond substituents is 1. The normalized spacial score (nSPS) is 15.7. The molecule has 0 bridgehead atoms. The zero-order valence-electron chi connectivity index (χ0n) is 16.6. The molecule has 8 heteroatoms. The highest BCUT2D eigenvalue weighted by molar-refractivity contribution is 8.15. The molecule has 2 aromatic carbocycles. The Hall–Kier alpha value is -3.00. The molecular formula is C22H24N2O5S. The van der Waals surface area contributed by atoms with Gasteiger partial charge in [-0.3, -0.25) is 19.7 Å². The first-order valence-electron chi connectivity index (χ1n) is 9.79. The second-order valence-corrected chi connectivity index (χ2v) is 8.19. The van der Waals surface area contributed by atoms with E-state index in [4.69, 9.17) is 4.74 Å². The standard InChI is InChI=1S/C22H24N2O5S/c1-2-3-10-29-16-7-4-14(5-8-16)13-20(26)23-17-11-15(6-9-18(17)25)12-19-21(27)24-22(28)30-19/h4-9,11,19,25H,2-3,10,12-13H2,1H3,(H,23,26)(H,24,27,28). The molecule has 158 valence electrons. The van der Waals surface area contributed by atoms with Crippen LogP contribution in [0.4, 0.5) is 10.5 Å². The molecule has 1 unspecified atom stereocenters. The number of nitrogens with one attached hydrogen (secondary N) is 2. The van der Waals surface area contributed by atoms with E-state index < -0.39 is 5.25 Å². The maximum atomic E-state index is 12.4. The molecule has 1 fully saturated rings. The first-order valence-corrected chi connectivity index (χ1v) is 10.7. The Labute approximate surface area is 179 Å². The average Bonchev–Trinajstić information content (AvgIpc) is 3.03. The fourth-order valence-corrected chi connectivity index (χ4v) is 3.83. The summed E-state index contributed by atoms with van der Waals surface area (Å²) >= 11 is 0.942. The van der Waals surface area contributed by atoms with Gasteiger partial charge >= 0.3 is 0 Å². The second-order valence-electron chi connectivity index (χ2n) is 7.01. The summed E-state index contributed by atoms with van der Waals surface area (Å²) in [6, 6.07) is 12.1. The number of rotatable bonds is 9. The van der Waals surface area contributed by atoms with E-state index in [9.17, 15) is 19.5 Å². The fourth-order valence-electron chi connectivity index (χ4n) is 2.97. The third-order valence-corrected chi connectivity index (χ3v) is 5.56. The van der Waals surface area contributed by atoms with Crippen molar-refractivity contribution in [1.29, 1.82) is 0 Å². The van der Waals surface area contributed by atoms with E-state index in [2.05, 4.69) is 17.6 Å². The largest absolute Gasteiger partial charge is 0.506 e. The lowest BCUT2D eigenvalue weighted by atomic mass is 10.1. The number of anilines is 1. The van der Waals surface area contributed by atoms with Crippen molar-refractivity contribution in [2.45, 2.75) is 37.9 Å². The lowest BCUT2D eigenvalue weighted by Crippen LogP contribution is -2.25. The van der Waals surface area contributed by atoms with Crippen LogP contribution in [-0.2, 0) is 22.4 Å². The van der Waals surface area contributed by atoms with E-state index >= 15 is 0 Å². The minimum atomic E-state index is -0.511. The maximum Gasteiger partial charge on any atom is 0.286 e. The van der Waals surface area contributed by atoms with E-state index in [1.165, 1.54) is 6.07 Å². The highest BCUT2D eigenvalue weighted by Crippen LogP contribution is 2.28. The molecule has 2 aromatic rings. The zero-order valence-corrected chi connectivity index (χ0v) is 17.5. The molecule has 7 nitrogen and oxygen atoms in total. The molecule has 0 aromatic heterocycles. The van der Waals surface area contributed by atoms with Gasteiger partial charge in [-0.15, -0.1) is 0 Å². The van der Waals surface area contributed by atoms with Crippen LogP contribution in [0.15, 0.2) is 42.5 Å². The van der Waals surface area contributed by atoms with Crippen LogP contribution in [0, 0.1) is 0 Å². The molecule has 1 aliphatic heterocycles. The summed E-state index contributed by atoms with van der Waals surface area (Å²) in [6.07, 6.45) is 2.53. The van der Waals surface area contributed by atoms with Crippen molar-refractivity contribution in [1.82, 2.24) is 5.32 Å². The highest BCUT2D eigenvalue weighted by atomic mass is 32.2. The third kappa shape index (κ3) is 6.00. The van der Waals surface area contributed by atoms with Crippen LogP contribution in [-0.4, -0.2) is 34.0 Å². The quantitative estimate of drug-likeness (QED) is 0.416. The molecule has 3 N–H and O–H groups in total. The number of aromatic hydroxyl groups is 1. The summed E-state index contributed by atoms with van der Waals surface area (Å²) in [5.74, 6) is 0.104. The second kappa shape index (κ2) is 10.2. The van der Waals surface area contributed by atoms with Gasteiger partial charge in [-0.1, -0.05) is 43.3 Å². The number of imide groups is 1. The first kappa shape index (κ1) is 21.7. The van der Waals surface area contributed by atoms with Gasteiger partial charge in [0.2, 0.25) is 11.8 Å². The summed E-state index contributed by atoms with van der Waals surface area (Å²) in [5.41, 5.74) is 1.83. The summed E-state index contributed by atoms with van der Waals surface area (Å²) < 4.78 is 5.61. The van der Waals surface area contributed by atoms with Crippen LogP contribution < -0.4 is 15.4 Å². The minimum absolute atomic E-state index is 0.0635. The van der Waals surface area contributed by atoms with E-state index in [0.29, 0.717) is 13.0 Å². The Balaban J connectivity index is 1.58. The maximum absolute atomic E-state index is 12.4. The molecule has 1 heterocycles. The van der Waals surface area contributed by atoms with Gasteiger partial charge < -0.3 is 15.2 Å². The van der Waals surface area contributed by atoms with E-state index in [-0.39, 0.29) is 34.9 Å². The molecule has 0 aliphatic carbocycles. The van der Waals surface area contributed by atoms with Gasteiger partial charge in [0.25, 0.3) is 5.24 Å². The number of carbonyl (C=O) groups excluding carboxylic acids is 3. The van der Waals surface area contributed by atoms with Crippen LogP contribution >= 0.6 is 11.8 Å². The van der Waals surface area contributed by atoms with Crippen molar-refractivity contribution >= 4 is 34.5 Å². The van der Waals surface area contributed by atoms with Crippen molar-refractivity contribution < 1.29 is 24.2 Å². The number of hydrogen-bond acceptors (Lipinski definition) is 6. The molecule has 30 heavy (non-hydrogen) atoms. The molecule has 1 atom stereocenters. The minimum Gasteiger partial charge on any atom is -0.506 e. The van der Waals surface area contributed by atoms with Crippen molar-refractivity contribution in [3.8, 4) is 11.5 Å². The number of amides is 3. The van der Waals surface area contributed by atoms with E-state index in [1.54, 1.807) is 12.1 Å². The number of unbranched alkanes of at least 4 members (excludes halogenated alkanes) is 1. The highest BCUT2D eigenvalue weighted by Gasteiger charge is 2.31. The average molecular weight is 429 g/mol. The molecular weight excluding hydrogens is 404 g/mol. The Morgan fingerprint density at radius 2 is 1.90 bits per heavy atom. The summed E-state index contributed by atoms with van der Waals surface area (Å²) in [5, 5.41) is 14.2. The Kier molecular flexibility index (Phi) is 7.35. The van der Waals surface area contributed by atoms with Gasteiger partial charge in [0, 0.05) is 0 Å². The summed E-state index contributed by atoms with van der Waals surface area (Å²) in [6.45, 7) is 2.77. The van der Waals surface area contributed by atoms with E-state index in [1.807, 2.05) is 24.3 Å². The van der Waals surface area contributed by atoms with Crippen LogP contribution in [0.25, 0.3) is 0 Å². The van der Waals surface area contributed by atoms with Crippen LogP contribution in [0.2, 0.25) is 0 Å². The van der Waals surface area contributed by atoms with Crippen molar-refractivity contribution in [3.63, 3.8) is 0 Å². The van der Waals surface area contributed by atoms with Gasteiger partial charge in [0.05, 0.1) is 24.0 Å². The van der Waals surface area contributed by atoms with Gasteiger partial charge in [0.1, 0.15) is 11.5 Å². The fraction of sp³-hybridized carbons (Fsp3) is 0.318. The van der Waals surface area contributed by atoms with Crippen LogP contribution in [0.5, 0.6) is 11.5 Å². The van der Waals surface area contributed by atoms with Crippen molar-refractivity contribution in [3.05, 3.63) is 53.6 Å². The number of benzene rings is 2. The predicted molar refractivity (Wildman–Crippen MR) is 116 cm³/mol. The number of ether oxygens (including phenoxy) is 1. The van der Waals surface area contributed by atoms with Crippen molar-refractivity contribution in [2.24, 2.45) is 0 Å². The molecule has 1 aliphatic rings. The number of thioether (sulfide) groups is 1. The monoisotopic (exact) mass is 428 g/mol. The number of hydrogen-bond donors (Lipinski definition) is 3. The molecule has 0 spiro atoms. The molecule has 0 saturated carbocycles. The van der Waals surface area contributed by atoms with Gasteiger partial charge in [-0.05, 0) is 48.2 Å². The Morgan fingerprint density at radius 1 is 1.17 bits per heavy atom. The van der Waals surface area contributed by atoms with E-state index in [0.717, 1.165) is 41.5 Å². The molecule has 3 rings (SSSR count). The SMILES string of the molecule is CCCCOc1ccc(CC(=O)Nc2cc(CC3SC(=O)NC3=O)ccc2O)cc1. The predicted octanol–water partition coefficient (Wildman–Crippen LogP) is 3.65. The summed E-state index contributed by atoms with van der Waals surface area (Å²) in [4.78, 5) is 35.5. The number of phenols is 1. The lowest BCUT2D eigenvalue weighted by molar-refractivity contribution is -0.119. The summed E-state index contributed by atoms with van der Waals surface area (Å²) in [7, 11) is 0. The van der Waals surface area contributed by atoms with Crippen LogP contribution in [0.1, 0.15) is 30.9 Å². The Morgan fingerprint density at radius 3 is 2.57 bits per heavy atom. The number of carbonyl (C=O) groups is 3.